The highest BCUT2D eigenvalue weighted by Gasteiger charge is 2.46. The highest BCUT2D eigenvalue weighted by Crippen LogP contribution is 2.43. The molecule has 64 valence electrons. The highest BCUT2D eigenvalue weighted by molar-refractivity contribution is 4.96. The molecule has 2 aliphatic rings. The zero-order valence-corrected chi connectivity index (χ0v) is 6.83. The first-order chi connectivity index (χ1) is 5.20. The average molecular weight is 158 g/mol. The van der Waals surface area contributed by atoms with Gasteiger partial charge in [0.25, 0.3) is 0 Å². The lowest BCUT2D eigenvalue weighted by Crippen LogP contribution is -2.38. The van der Waals surface area contributed by atoms with E-state index in [0.717, 1.165) is 0 Å². The number of nitrogens with two attached hydrogens (primary N) is 1. The average Bonchev–Trinajstić information content (AvgIpc) is 2.68. The monoisotopic (exact) mass is 158 g/mol. The fraction of sp³-hybridized carbons (Fsp3) is 1.00. The molecule has 0 aromatic heterocycles. The van der Waals surface area contributed by atoms with Crippen LogP contribution < -0.4 is 5.73 Å². The minimum Gasteiger partial charge on any atom is -0.315 e. The van der Waals surface area contributed by atoms with E-state index in [-0.39, 0.29) is 12.1 Å². The van der Waals surface area contributed by atoms with Gasteiger partial charge in [-0.15, -0.1) is 0 Å². The number of hydrogen-bond acceptors (Lipinski definition) is 2. The minimum atomic E-state index is -0.678. The summed E-state index contributed by atoms with van der Waals surface area (Å²) >= 11 is 0. The van der Waals surface area contributed by atoms with Crippen LogP contribution in [0.25, 0.3) is 0 Å². The largest absolute Gasteiger partial charge is 0.315 e. The normalized spacial score (nSPS) is 46.6. The molecule has 1 aliphatic carbocycles. The molecule has 0 aromatic carbocycles. The van der Waals surface area contributed by atoms with Gasteiger partial charge in [-0.05, 0) is 25.8 Å². The Bertz CT molecular complexity index is 158. The van der Waals surface area contributed by atoms with Crippen LogP contribution in [0.4, 0.5) is 4.39 Å². The van der Waals surface area contributed by atoms with Crippen LogP contribution >= 0.6 is 0 Å². The van der Waals surface area contributed by atoms with Crippen LogP contribution in [0.1, 0.15) is 12.8 Å². The lowest BCUT2D eigenvalue weighted by molar-refractivity contribution is 0.229. The van der Waals surface area contributed by atoms with Crippen molar-refractivity contribution in [2.75, 3.05) is 13.6 Å². The Balaban J connectivity index is 2.05. The molecule has 0 aromatic rings. The molecule has 2 rings (SSSR count). The fourth-order valence-electron chi connectivity index (χ4n) is 2.08. The number of nitrogens with zero attached hydrogens (tertiary/aromatic N) is 1. The van der Waals surface area contributed by atoms with Gasteiger partial charge in [0.05, 0.1) is 6.17 Å². The van der Waals surface area contributed by atoms with Crippen molar-refractivity contribution in [3.05, 3.63) is 0 Å². The molecule has 1 heterocycles. The molecule has 0 bridgehead atoms. The first kappa shape index (κ1) is 7.50. The molecule has 0 spiro atoms. The van der Waals surface area contributed by atoms with Crippen molar-refractivity contribution in [3.8, 4) is 0 Å². The lowest BCUT2D eigenvalue weighted by Gasteiger charge is -2.19. The molecule has 2 fully saturated rings. The van der Waals surface area contributed by atoms with E-state index >= 15 is 0 Å². The second-order valence-corrected chi connectivity index (χ2v) is 3.86. The van der Waals surface area contributed by atoms with Gasteiger partial charge < -0.3 is 5.73 Å². The van der Waals surface area contributed by atoms with E-state index in [0.29, 0.717) is 12.5 Å². The number of likely N-dealkylation sites (tertiary alicyclic amines) is 1. The first-order valence-electron chi connectivity index (χ1n) is 4.30. The summed E-state index contributed by atoms with van der Waals surface area (Å²) in [5.74, 6) is 0.713. The van der Waals surface area contributed by atoms with E-state index in [1.54, 1.807) is 0 Å². The summed E-state index contributed by atoms with van der Waals surface area (Å²) in [7, 11) is 1.90. The van der Waals surface area contributed by atoms with E-state index in [9.17, 15) is 4.39 Å². The molecule has 3 heteroatoms. The van der Waals surface area contributed by atoms with E-state index in [2.05, 4.69) is 0 Å². The number of rotatable bonds is 1. The van der Waals surface area contributed by atoms with Crippen molar-refractivity contribution in [3.63, 3.8) is 0 Å². The standard InChI is InChI=1S/C8H15FN2/c1-11-4-6(9)7(8(11)10)5-2-3-5/h5-8H,2-4,10H2,1H3. The second-order valence-electron chi connectivity index (χ2n) is 3.86. The molecule has 2 nitrogen and oxygen atoms in total. The summed E-state index contributed by atoms with van der Waals surface area (Å²) in [5, 5.41) is 0. The molecule has 1 saturated carbocycles. The molecular weight excluding hydrogens is 143 g/mol. The quantitative estimate of drug-likeness (QED) is 0.605. The van der Waals surface area contributed by atoms with Crippen LogP contribution in [-0.2, 0) is 0 Å². The first-order valence-corrected chi connectivity index (χ1v) is 4.30. The second kappa shape index (κ2) is 2.42. The van der Waals surface area contributed by atoms with Gasteiger partial charge in [0.2, 0.25) is 0 Å². The van der Waals surface area contributed by atoms with Gasteiger partial charge in [-0.1, -0.05) is 0 Å². The Hall–Kier alpha value is -0.150. The summed E-state index contributed by atoms with van der Waals surface area (Å²) in [4.78, 5) is 1.92. The van der Waals surface area contributed by atoms with Crippen LogP contribution in [0.3, 0.4) is 0 Å². The van der Waals surface area contributed by atoms with Crippen LogP contribution in [0.15, 0.2) is 0 Å². The maximum atomic E-state index is 13.3. The van der Waals surface area contributed by atoms with E-state index in [4.69, 9.17) is 5.73 Å². The van der Waals surface area contributed by atoms with Crippen molar-refractivity contribution in [1.82, 2.24) is 4.90 Å². The molecule has 1 saturated heterocycles. The molecule has 0 radical (unpaired) electrons. The van der Waals surface area contributed by atoms with Crippen molar-refractivity contribution in [1.29, 1.82) is 0 Å². The van der Waals surface area contributed by atoms with Gasteiger partial charge in [0, 0.05) is 12.5 Å². The van der Waals surface area contributed by atoms with E-state index in [1.165, 1.54) is 12.8 Å². The van der Waals surface area contributed by atoms with Crippen LogP contribution in [-0.4, -0.2) is 30.8 Å². The van der Waals surface area contributed by atoms with Crippen molar-refractivity contribution in [2.45, 2.75) is 25.2 Å². The Morgan fingerprint density at radius 3 is 2.45 bits per heavy atom. The van der Waals surface area contributed by atoms with Gasteiger partial charge in [-0.2, -0.15) is 0 Å². The Kier molecular flexibility index (Phi) is 1.65. The Morgan fingerprint density at radius 1 is 1.45 bits per heavy atom. The van der Waals surface area contributed by atoms with Gasteiger partial charge >= 0.3 is 0 Å². The molecule has 11 heavy (non-hydrogen) atoms. The maximum Gasteiger partial charge on any atom is 0.119 e. The smallest absolute Gasteiger partial charge is 0.119 e. The third-order valence-electron chi connectivity index (χ3n) is 2.95. The minimum absolute atomic E-state index is 0.0301. The zero-order chi connectivity index (χ0) is 8.01. The SMILES string of the molecule is CN1CC(F)C(C2CC2)C1N. The fourth-order valence-corrected chi connectivity index (χ4v) is 2.08. The topological polar surface area (TPSA) is 29.3 Å². The predicted molar refractivity (Wildman–Crippen MR) is 41.7 cm³/mol. The molecule has 3 atom stereocenters. The number of alkyl halides is 1. The van der Waals surface area contributed by atoms with Crippen LogP contribution in [0.5, 0.6) is 0 Å². The van der Waals surface area contributed by atoms with E-state index in [1.807, 2.05) is 11.9 Å². The number of halogens is 1. The van der Waals surface area contributed by atoms with Gasteiger partial charge in [0.15, 0.2) is 0 Å². The molecular formula is C8H15FN2. The third-order valence-corrected chi connectivity index (χ3v) is 2.95. The summed E-state index contributed by atoms with van der Waals surface area (Å²) in [6.07, 6.45) is 1.67. The Labute approximate surface area is 66.5 Å². The van der Waals surface area contributed by atoms with Gasteiger partial charge in [-0.3, -0.25) is 4.90 Å². The molecule has 3 unspecified atom stereocenters. The van der Waals surface area contributed by atoms with Gasteiger partial charge in [-0.25, -0.2) is 4.39 Å². The van der Waals surface area contributed by atoms with Crippen molar-refractivity contribution >= 4 is 0 Å². The van der Waals surface area contributed by atoms with E-state index < -0.39 is 6.17 Å². The molecule has 1 aliphatic heterocycles. The summed E-state index contributed by atoms with van der Waals surface area (Å²) in [6.45, 7) is 0.530. The Morgan fingerprint density at radius 2 is 2.09 bits per heavy atom. The maximum absolute atomic E-state index is 13.3. The summed E-state index contributed by atoms with van der Waals surface area (Å²) in [6, 6.07) is 0. The predicted octanol–water partition coefficient (Wildman–Crippen LogP) is 0.581. The van der Waals surface area contributed by atoms with Crippen LogP contribution in [0.2, 0.25) is 0 Å². The highest BCUT2D eigenvalue weighted by atomic mass is 19.1. The summed E-state index contributed by atoms with van der Waals surface area (Å²) in [5.41, 5.74) is 5.84. The van der Waals surface area contributed by atoms with Gasteiger partial charge in [0.1, 0.15) is 6.17 Å². The van der Waals surface area contributed by atoms with Crippen molar-refractivity contribution in [2.24, 2.45) is 17.6 Å². The summed E-state index contributed by atoms with van der Waals surface area (Å²) < 4.78 is 13.3. The number of hydrogen-bond donors (Lipinski definition) is 1. The van der Waals surface area contributed by atoms with Crippen LogP contribution in [0, 0.1) is 11.8 Å². The lowest BCUT2D eigenvalue weighted by atomic mass is 9.99. The molecule has 0 amide bonds. The molecule has 2 N–H and O–H groups in total. The zero-order valence-electron chi connectivity index (χ0n) is 6.83. The third kappa shape index (κ3) is 1.16. The van der Waals surface area contributed by atoms with Crippen molar-refractivity contribution < 1.29 is 4.39 Å².